The summed E-state index contributed by atoms with van der Waals surface area (Å²) < 4.78 is 5.45. The Labute approximate surface area is 145 Å². The Kier molecular flexibility index (Phi) is 5.48. The third kappa shape index (κ3) is 4.01. The molecular formula is C17H22N2O2S2. The summed E-state index contributed by atoms with van der Waals surface area (Å²) in [5, 5.41) is 5.21. The molecule has 1 saturated heterocycles. The highest BCUT2D eigenvalue weighted by Gasteiger charge is 2.24. The van der Waals surface area contributed by atoms with Gasteiger partial charge in [-0.05, 0) is 36.9 Å². The average molecular weight is 351 g/mol. The van der Waals surface area contributed by atoms with Crippen LogP contribution in [-0.4, -0.2) is 43.7 Å². The minimum atomic E-state index is 0.0287. The van der Waals surface area contributed by atoms with Crippen LogP contribution < -0.4 is 5.32 Å². The first kappa shape index (κ1) is 16.6. The van der Waals surface area contributed by atoms with Crippen LogP contribution in [0.2, 0.25) is 0 Å². The van der Waals surface area contributed by atoms with E-state index in [1.165, 1.54) is 15.3 Å². The predicted molar refractivity (Wildman–Crippen MR) is 95.6 cm³/mol. The molecule has 0 bridgehead atoms. The summed E-state index contributed by atoms with van der Waals surface area (Å²) in [5.41, 5.74) is 1.18. The highest BCUT2D eigenvalue weighted by atomic mass is 32.1. The molecule has 1 aliphatic heterocycles. The topological polar surface area (TPSA) is 41.6 Å². The van der Waals surface area contributed by atoms with Gasteiger partial charge in [-0.1, -0.05) is 6.07 Å². The number of aryl methyl sites for hydroxylation is 2. The molecule has 0 aliphatic carbocycles. The Bertz CT molecular complexity index is 626. The maximum absolute atomic E-state index is 12.4. The fourth-order valence-electron chi connectivity index (χ4n) is 2.74. The molecule has 2 aromatic heterocycles. The molecule has 4 nitrogen and oxygen atoms in total. The molecule has 0 aromatic carbocycles. The van der Waals surface area contributed by atoms with Crippen molar-refractivity contribution in [1.29, 1.82) is 0 Å². The van der Waals surface area contributed by atoms with Crippen molar-refractivity contribution in [3.8, 4) is 0 Å². The van der Waals surface area contributed by atoms with Gasteiger partial charge in [-0.3, -0.25) is 9.69 Å². The number of carbonyl (C=O) groups excluding carboxylic acids is 1. The third-order valence-corrected chi connectivity index (χ3v) is 6.33. The molecule has 1 unspecified atom stereocenters. The van der Waals surface area contributed by atoms with Gasteiger partial charge in [0.1, 0.15) is 0 Å². The fourth-order valence-corrected chi connectivity index (χ4v) is 4.55. The van der Waals surface area contributed by atoms with E-state index in [0.29, 0.717) is 6.54 Å². The lowest BCUT2D eigenvalue weighted by Gasteiger charge is -2.34. The van der Waals surface area contributed by atoms with E-state index in [1.807, 2.05) is 13.0 Å². The zero-order chi connectivity index (χ0) is 16.2. The summed E-state index contributed by atoms with van der Waals surface area (Å²) in [6.07, 6.45) is 0. The highest BCUT2D eigenvalue weighted by molar-refractivity contribution is 7.14. The standard InChI is InChI=1S/C17H22N2O2S2/c1-12-10-16(23-13(12)2)17(20)18-11-14(15-4-3-9-22-15)19-5-7-21-8-6-19/h3-4,9-10,14H,5-8,11H2,1-2H3,(H,18,20). The molecule has 0 spiro atoms. The van der Waals surface area contributed by atoms with Crippen molar-refractivity contribution in [2.45, 2.75) is 19.9 Å². The monoisotopic (exact) mass is 350 g/mol. The lowest BCUT2D eigenvalue weighted by atomic mass is 10.2. The molecule has 0 saturated carbocycles. The number of hydrogen-bond donors (Lipinski definition) is 1. The minimum absolute atomic E-state index is 0.0287. The normalized spacial score (nSPS) is 17.1. The number of morpholine rings is 1. The van der Waals surface area contributed by atoms with Gasteiger partial charge in [0.05, 0.1) is 24.1 Å². The molecule has 1 fully saturated rings. The van der Waals surface area contributed by atoms with Gasteiger partial charge in [-0.25, -0.2) is 0 Å². The van der Waals surface area contributed by atoms with Gasteiger partial charge in [-0.15, -0.1) is 22.7 Å². The number of thiophene rings is 2. The van der Waals surface area contributed by atoms with E-state index in [2.05, 4.69) is 34.7 Å². The van der Waals surface area contributed by atoms with Gasteiger partial charge in [0.25, 0.3) is 5.91 Å². The van der Waals surface area contributed by atoms with Crippen LogP contribution >= 0.6 is 22.7 Å². The zero-order valence-corrected chi connectivity index (χ0v) is 15.1. The smallest absolute Gasteiger partial charge is 0.261 e. The van der Waals surface area contributed by atoms with Crippen molar-refractivity contribution in [1.82, 2.24) is 10.2 Å². The van der Waals surface area contributed by atoms with Crippen molar-refractivity contribution in [2.24, 2.45) is 0 Å². The number of nitrogens with one attached hydrogen (secondary N) is 1. The maximum atomic E-state index is 12.4. The number of ether oxygens (including phenoxy) is 1. The molecule has 2 aromatic rings. The molecule has 6 heteroatoms. The van der Waals surface area contributed by atoms with Crippen LogP contribution in [0.4, 0.5) is 0 Å². The summed E-state index contributed by atoms with van der Waals surface area (Å²) in [5.74, 6) is 0.0287. The number of nitrogens with zero attached hydrogens (tertiary/aromatic N) is 1. The number of hydrogen-bond acceptors (Lipinski definition) is 5. The molecular weight excluding hydrogens is 328 g/mol. The zero-order valence-electron chi connectivity index (χ0n) is 13.5. The Morgan fingerprint density at radius 2 is 2.17 bits per heavy atom. The van der Waals surface area contributed by atoms with Crippen molar-refractivity contribution >= 4 is 28.6 Å². The number of rotatable bonds is 5. The van der Waals surface area contributed by atoms with E-state index >= 15 is 0 Å². The third-order valence-electron chi connectivity index (χ3n) is 4.20. The second kappa shape index (κ2) is 7.57. The van der Waals surface area contributed by atoms with Crippen molar-refractivity contribution < 1.29 is 9.53 Å². The molecule has 124 valence electrons. The lowest BCUT2D eigenvalue weighted by molar-refractivity contribution is 0.0169. The van der Waals surface area contributed by atoms with Crippen LogP contribution in [0.3, 0.4) is 0 Å². The molecule has 3 rings (SSSR count). The lowest BCUT2D eigenvalue weighted by Crippen LogP contribution is -2.43. The maximum Gasteiger partial charge on any atom is 0.261 e. The first-order valence-electron chi connectivity index (χ1n) is 7.85. The summed E-state index contributed by atoms with van der Waals surface area (Å²) in [7, 11) is 0. The second-order valence-corrected chi connectivity index (χ2v) is 7.98. The molecule has 1 atom stereocenters. The largest absolute Gasteiger partial charge is 0.379 e. The Hall–Kier alpha value is -1.21. The van der Waals surface area contributed by atoms with Gasteiger partial charge in [0.2, 0.25) is 0 Å². The van der Waals surface area contributed by atoms with Crippen molar-refractivity contribution in [3.05, 3.63) is 43.8 Å². The van der Waals surface area contributed by atoms with Crippen LogP contribution in [-0.2, 0) is 4.74 Å². The summed E-state index contributed by atoms with van der Waals surface area (Å²) in [6.45, 7) is 8.09. The van der Waals surface area contributed by atoms with E-state index in [4.69, 9.17) is 4.74 Å². The molecule has 23 heavy (non-hydrogen) atoms. The van der Waals surface area contributed by atoms with E-state index in [-0.39, 0.29) is 11.9 Å². The van der Waals surface area contributed by atoms with Crippen molar-refractivity contribution in [3.63, 3.8) is 0 Å². The summed E-state index contributed by atoms with van der Waals surface area (Å²) in [4.78, 5) is 18.1. The van der Waals surface area contributed by atoms with Gasteiger partial charge in [0.15, 0.2) is 0 Å². The van der Waals surface area contributed by atoms with Gasteiger partial charge >= 0.3 is 0 Å². The molecule has 3 heterocycles. The summed E-state index contributed by atoms with van der Waals surface area (Å²) in [6, 6.07) is 6.42. The van der Waals surface area contributed by atoms with Gasteiger partial charge in [-0.2, -0.15) is 0 Å². The van der Waals surface area contributed by atoms with Crippen LogP contribution in [0.25, 0.3) is 0 Å². The van der Waals surface area contributed by atoms with Crippen molar-refractivity contribution in [2.75, 3.05) is 32.8 Å². The predicted octanol–water partition coefficient (Wildman–Crippen LogP) is 3.23. The van der Waals surface area contributed by atoms with Crippen LogP contribution in [0, 0.1) is 13.8 Å². The fraction of sp³-hybridized carbons (Fsp3) is 0.471. The number of carbonyl (C=O) groups is 1. The van der Waals surface area contributed by atoms with E-state index in [9.17, 15) is 4.79 Å². The first-order valence-corrected chi connectivity index (χ1v) is 9.55. The number of amides is 1. The second-order valence-electron chi connectivity index (χ2n) is 5.74. The highest BCUT2D eigenvalue weighted by Crippen LogP contribution is 2.26. The summed E-state index contributed by atoms with van der Waals surface area (Å²) >= 11 is 3.31. The average Bonchev–Trinajstić information content (AvgIpc) is 3.19. The Balaban J connectivity index is 1.67. The van der Waals surface area contributed by atoms with Crippen LogP contribution in [0.5, 0.6) is 0 Å². The van der Waals surface area contributed by atoms with Gasteiger partial charge in [0, 0.05) is 29.4 Å². The molecule has 1 aliphatic rings. The minimum Gasteiger partial charge on any atom is -0.379 e. The van der Waals surface area contributed by atoms with Crippen LogP contribution in [0.1, 0.15) is 31.0 Å². The first-order chi connectivity index (χ1) is 11.1. The van der Waals surface area contributed by atoms with E-state index in [0.717, 1.165) is 31.2 Å². The van der Waals surface area contributed by atoms with Crippen LogP contribution in [0.15, 0.2) is 23.6 Å². The molecule has 1 N–H and O–H groups in total. The molecule has 1 amide bonds. The van der Waals surface area contributed by atoms with E-state index in [1.54, 1.807) is 22.7 Å². The van der Waals surface area contributed by atoms with Gasteiger partial charge < -0.3 is 10.1 Å². The molecule has 0 radical (unpaired) electrons. The quantitative estimate of drug-likeness (QED) is 0.900. The van der Waals surface area contributed by atoms with E-state index < -0.39 is 0 Å². The Morgan fingerprint density at radius 1 is 1.39 bits per heavy atom. The Morgan fingerprint density at radius 3 is 2.78 bits per heavy atom. The SMILES string of the molecule is Cc1cc(C(=O)NCC(c2cccs2)N2CCOCC2)sc1C.